The van der Waals surface area contributed by atoms with Gasteiger partial charge in [-0.1, -0.05) is 30.7 Å². The molecule has 0 saturated heterocycles. The molecular weight excluding hydrogens is 418 g/mol. The molecule has 1 amide bonds. The molecule has 0 bridgehead atoms. The molecule has 1 aromatic heterocycles. The largest absolute Gasteiger partial charge is 0.494 e. The van der Waals surface area contributed by atoms with E-state index in [0.717, 1.165) is 23.3 Å². The van der Waals surface area contributed by atoms with Crippen molar-refractivity contribution in [3.05, 3.63) is 75.1 Å². The second kappa shape index (κ2) is 9.79. The molecule has 6 heteroatoms. The van der Waals surface area contributed by atoms with Crippen LogP contribution >= 0.6 is 0 Å². The molecule has 1 unspecified atom stereocenters. The van der Waals surface area contributed by atoms with Crippen LogP contribution in [0.1, 0.15) is 66.9 Å². The summed E-state index contributed by atoms with van der Waals surface area (Å²) >= 11 is 0. The zero-order valence-corrected chi connectivity index (χ0v) is 19.7. The van der Waals surface area contributed by atoms with Crippen molar-refractivity contribution in [2.75, 3.05) is 19.8 Å². The first-order valence-electron chi connectivity index (χ1n) is 11.6. The highest BCUT2D eigenvalue weighted by atomic mass is 16.5. The Morgan fingerprint density at radius 3 is 2.52 bits per heavy atom. The summed E-state index contributed by atoms with van der Waals surface area (Å²) in [5.41, 5.74) is 2.51. The third-order valence-electron chi connectivity index (χ3n) is 5.78. The monoisotopic (exact) mass is 449 g/mol. The fourth-order valence-corrected chi connectivity index (χ4v) is 4.23. The van der Waals surface area contributed by atoms with Gasteiger partial charge in [-0.2, -0.15) is 0 Å². The van der Waals surface area contributed by atoms with Crippen molar-refractivity contribution in [3.8, 4) is 5.75 Å². The average Bonchev–Trinajstić information content (AvgIpc) is 3.08. The van der Waals surface area contributed by atoms with Gasteiger partial charge in [-0.05, 0) is 63.4 Å². The molecule has 1 aliphatic heterocycles. The summed E-state index contributed by atoms with van der Waals surface area (Å²) in [6, 6.07) is 12.6. The SMILES string of the molecule is CCCOc1ccc(C2c3c(oc4ccc(C)cc4c3=O)C(=O)N2CCCOC(C)C)cc1. The van der Waals surface area contributed by atoms with Crippen LogP contribution in [0.4, 0.5) is 0 Å². The van der Waals surface area contributed by atoms with Crippen molar-refractivity contribution < 1.29 is 18.7 Å². The fraction of sp³-hybridized carbons (Fsp3) is 0.407. The molecule has 0 spiro atoms. The summed E-state index contributed by atoms with van der Waals surface area (Å²) in [6.07, 6.45) is 1.71. The Balaban J connectivity index is 1.76. The zero-order valence-electron chi connectivity index (χ0n) is 19.7. The lowest BCUT2D eigenvalue weighted by Gasteiger charge is -2.25. The Morgan fingerprint density at radius 1 is 1.06 bits per heavy atom. The van der Waals surface area contributed by atoms with Crippen LogP contribution in [0.3, 0.4) is 0 Å². The van der Waals surface area contributed by atoms with Gasteiger partial charge in [0, 0.05) is 13.2 Å². The third-order valence-corrected chi connectivity index (χ3v) is 5.78. The lowest BCUT2D eigenvalue weighted by atomic mass is 9.98. The molecule has 1 atom stereocenters. The molecule has 1 aliphatic rings. The van der Waals surface area contributed by atoms with Crippen molar-refractivity contribution in [2.45, 2.75) is 52.7 Å². The van der Waals surface area contributed by atoms with Crippen molar-refractivity contribution in [1.29, 1.82) is 0 Å². The standard InChI is InChI=1S/C27H31NO5/c1-5-14-32-20-10-8-19(9-11-20)24-23-25(29)21-16-18(4)7-12-22(21)33-26(23)27(30)28(24)13-6-15-31-17(2)3/h7-12,16-17,24H,5-6,13-15H2,1-4H3. The number of rotatable bonds is 9. The summed E-state index contributed by atoms with van der Waals surface area (Å²) in [7, 11) is 0. The van der Waals surface area contributed by atoms with E-state index in [1.54, 1.807) is 11.0 Å². The number of hydrogen-bond acceptors (Lipinski definition) is 5. The van der Waals surface area contributed by atoms with E-state index in [4.69, 9.17) is 13.9 Å². The van der Waals surface area contributed by atoms with E-state index in [0.29, 0.717) is 42.7 Å². The van der Waals surface area contributed by atoms with Gasteiger partial charge in [-0.25, -0.2) is 0 Å². The quantitative estimate of drug-likeness (QED) is 0.417. The number of fused-ring (bicyclic) bond motifs is 2. The highest BCUT2D eigenvalue weighted by Gasteiger charge is 2.42. The smallest absolute Gasteiger partial charge is 0.290 e. The molecule has 6 nitrogen and oxygen atoms in total. The molecule has 0 fully saturated rings. The molecule has 0 radical (unpaired) electrons. The summed E-state index contributed by atoms with van der Waals surface area (Å²) < 4.78 is 17.4. The molecule has 2 heterocycles. The number of carbonyl (C=O) groups is 1. The van der Waals surface area contributed by atoms with E-state index in [9.17, 15) is 9.59 Å². The second-order valence-corrected chi connectivity index (χ2v) is 8.77. The zero-order chi connectivity index (χ0) is 23.5. The van der Waals surface area contributed by atoms with Gasteiger partial charge < -0.3 is 18.8 Å². The van der Waals surface area contributed by atoms with E-state index in [-0.39, 0.29) is 23.2 Å². The maximum absolute atomic E-state index is 13.6. The third kappa shape index (κ3) is 4.67. The number of benzene rings is 2. The Morgan fingerprint density at radius 2 is 1.82 bits per heavy atom. The Labute approximate surface area is 194 Å². The van der Waals surface area contributed by atoms with Crippen LogP contribution in [0.15, 0.2) is 51.7 Å². The fourth-order valence-electron chi connectivity index (χ4n) is 4.23. The van der Waals surface area contributed by atoms with Gasteiger partial charge in [0.2, 0.25) is 5.76 Å². The van der Waals surface area contributed by atoms with E-state index in [1.807, 2.05) is 57.2 Å². The van der Waals surface area contributed by atoms with Gasteiger partial charge in [-0.3, -0.25) is 9.59 Å². The van der Waals surface area contributed by atoms with E-state index >= 15 is 0 Å². The molecule has 174 valence electrons. The number of amides is 1. The van der Waals surface area contributed by atoms with Crippen LogP contribution in [-0.4, -0.2) is 36.7 Å². The van der Waals surface area contributed by atoms with Crippen LogP contribution in [0.25, 0.3) is 11.0 Å². The maximum Gasteiger partial charge on any atom is 0.290 e. The van der Waals surface area contributed by atoms with Gasteiger partial charge in [-0.15, -0.1) is 0 Å². The minimum Gasteiger partial charge on any atom is -0.494 e. The van der Waals surface area contributed by atoms with Gasteiger partial charge in [0.15, 0.2) is 5.43 Å². The van der Waals surface area contributed by atoms with Gasteiger partial charge in [0.05, 0.1) is 29.7 Å². The normalized spacial score (nSPS) is 15.5. The van der Waals surface area contributed by atoms with Crippen molar-refractivity contribution in [1.82, 2.24) is 4.90 Å². The first-order chi connectivity index (χ1) is 15.9. The minimum atomic E-state index is -0.507. The number of hydrogen-bond donors (Lipinski definition) is 0. The molecule has 0 saturated carbocycles. The predicted molar refractivity (Wildman–Crippen MR) is 128 cm³/mol. The Bertz CT molecular complexity index is 1200. The lowest BCUT2D eigenvalue weighted by Crippen LogP contribution is -2.31. The second-order valence-electron chi connectivity index (χ2n) is 8.77. The molecule has 2 aromatic carbocycles. The van der Waals surface area contributed by atoms with Crippen molar-refractivity contribution in [3.63, 3.8) is 0 Å². The topological polar surface area (TPSA) is 69.0 Å². The van der Waals surface area contributed by atoms with Gasteiger partial charge >= 0.3 is 0 Å². The Kier molecular flexibility index (Phi) is 6.84. The van der Waals surface area contributed by atoms with Gasteiger partial charge in [0.1, 0.15) is 11.3 Å². The summed E-state index contributed by atoms with van der Waals surface area (Å²) in [5.74, 6) is 0.645. The first kappa shape index (κ1) is 23.1. The number of ether oxygens (including phenoxy) is 2. The highest BCUT2D eigenvalue weighted by Crippen LogP contribution is 2.38. The summed E-state index contributed by atoms with van der Waals surface area (Å²) in [6.45, 7) is 9.60. The van der Waals surface area contributed by atoms with Gasteiger partial charge in [0.25, 0.3) is 5.91 Å². The van der Waals surface area contributed by atoms with Crippen LogP contribution in [0, 0.1) is 6.92 Å². The summed E-state index contributed by atoms with van der Waals surface area (Å²) in [4.78, 5) is 28.7. The molecule has 0 aliphatic carbocycles. The van der Waals surface area contributed by atoms with E-state index in [2.05, 4.69) is 6.92 Å². The van der Waals surface area contributed by atoms with E-state index in [1.165, 1.54) is 0 Å². The highest BCUT2D eigenvalue weighted by molar-refractivity contribution is 5.99. The van der Waals surface area contributed by atoms with Crippen LogP contribution < -0.4 is 10.2 Å². The van der Waals surface area contributed by atoms with Crippen LogP contribution in [-0.2, 0) is 4.74 Å². The van der Waals surface area contributed by atoms with Crippen LogP contribution in [0.5, 0.6) is 5.75 Å². The molecule has 0 N–H and O–H groups in total. The Hall–Kier alpha value is -3.12. The number of nitrogens with zero attached hydrogens (tertiary/aromatic N) is 1. The minimum absolute atomic E-state index is 0.125. The molecular formula is C27H31NO5. The predicted octanol–water partition coefficient (Wildman–Crippen LogP) is 5.25. The summed E-state index contributed by atoms with van der Waals surface area (Å²) in [5, 5.41) is 0.499. The molecule has 4 rings (SSSR count). The average molecular weight is 450 g/mol. The van der Waals surface area contributed by atoms with Crippen molar-refractivity contribution >= 4 is 16.9 Å². The van der Waals surface area contributed by atoms with Crippen LogP contribution in [0.2, 0.25) is 0 Å². The van der Waals surface area contributed by atoms with E-state index < -0.39 is 6.04 Å². The lowest BCUT2D eigenvalue weighted by molar-refractivity contribution is 0.0593. The van der Waals surface area contributed by atoms with Crippen molar-refractivity contribution in [2.24, 2.45) is 0 Å². The number of aryl methyl sites for hydroxylation is 1. The maximum atomic E-state index is 13.6. The number of carbonyl (C=O) groups excluding carboxylic acids is 1. The first-order valence-corrected chi connectivity index (χ1v) is 11.6. The molecule has 3 aromatic rings. The molecule has 33 heavy (non-hydrogen) atoms.